The van der Waals surface area contributed by atoms with Gasteiger partial charge in [0.1, 0.15) is 12.4 Å². The third-order valence-corrected chi connectivity index (χ3v) is 1.88. The number of aromatic nitrogens is 2. The molecule has 2 heterocycles. The molecule has 4 heteroatoms. The zero-order valence-electron chi connectivity index (χ0n) is 8.04. The first-order chi connectivity index (χ1) is 7.34. The first-order valence-corrected chi connectivity index (χ1v) is 4.56. The molecule has 0 N–H and O–H groups in total. The number of rotatable bonds is 3. The summed E-state index contributed by atoms with van der Waals surface area (Å²) >= 11 is 0. The van der Waals surface area contributed by atoms with Crippen molar-refractivity contribution in [2.45, 2.75) is 6.61 Å². The average Bonchev–Trinajstić information content (AvgIpc) is 2.30. The van der Waals surface area contributed by atoms with Gasteiger partial charge in [-0.15, -0.1) is 0 Å². The molecule has 76 valence electrons. The standard InChI is InChI=1S/C11H10N2O2/c14-13-7-4-11(5-8-13)15-9-10-3-1-2-6-12-10/h1-8H,9H2. The molecule has 0 aliphatic heterocycles. The summed E-state index contributed by atoms with van der Waals surface area (Å²) in [6, 6.07) is 8.89. The summed E-state index contributed by atoms with van der Waals surface area (Å²) in [6.07, 6.45) is 4.51. The van der Waals surface area contributed by atoms with Crippen LogP contribution < -0.4 is 9.47 Å². The normalized spacial score (nSPS) is 9.87. The highest BCUT2D eigenvalue weighted by Gasteiger charge is 1.97. The van der Waals surface area contributed by atoms with Crippen molar-refractivity contribution in [2.24, 2.45) is 0 Å². The Labute approximate surface area is 87.4 Å². The highest BCUT2D eigenvalue weighted by Crippen LogP contribution is 2.08. The number of hydrogen-bond acceptors (Lipinski definition) is 3. The van der Waals surface area contributed by atoms with E-state index in [1.807, 2.05) is 18.2 Å². The summed E-state index contributed by atoms with van der Waals surface area (Å²) in [5.74, 6) is 0.660. The molecule has 0 saturated heterocycles. The van der Waals surface area contributed by atoms with Crippen molar-refractivity contribution in [3.63, 3.8) is 0 Å². The van der Waals surface area contributed by atoms with E-state index in [1.54, 1.807) is 18.3 Å². The molecule has 2 rings (SSSR count). The van der Waals surface area contributed by atoms with E-state index < -0.39 is 0 Å². The van der Waals surface area contributed by atoms with Gasteiger partial charge in [0.15, 0.2) is 12.4 Å². The van der Waals surface area contributed by atoms with Crippen LogP contribution in [-0.4, -0.2) is 4.98 Å². The predicted octanol–water partition coefficient (Wildman–Crippen LogP) is 1.29. The largest absolute Gasteiger partial charge is 0.619 e. The van der Waals surface area contributed by atoms with Crippen LogP contribution in [0.25, 0.3) is 0 Å². The lowest BCUT2D eigenvalue weighted by Crippen LogP contribution is -2.23. The molecule has 0 aliphatic rings. The maximum Gasteiger partial charge on any atom is 0.184 e. The molecular weight excluding hydrogens is 192 g/mol. The molecule has 2 aromatic heterocycles. The fraction of sp³-hybridized carbons (Fsp3) is 0.0909. The van der Waals surface area contributed by atoms with Crippen molar-refractivity contribution in [2.75, 3.05) is 0 Å². The van der Waals surface area contributed by atoms with Gasteiger partial charge in [-0.1, -0.05) is 6.07 Å². The van der Waals surface area contributed by atoms with Gasteiger partial charge in [0, 0.05) is 18.3 Å². The van der Waals surface area contributed by atoms with Crippen molar-refractivity contribution < 1.29 is 9.47 Å². The fourth-order valence-corrected chi connectivity index (χ4v) is 1.14. The second kappa shape index (κ2) is 4.41. The molecule has 0 saturated carbocycles. The number of ether oxygens (including phenoxy) is 1. The van der Waals surface area contributed by atoms with E-state index >= 15 is 0 Å². The SMILES string of the molecule is [O-][n+]1ccc(OCc2ccccn2)cc1. The van der Waals surface area contributed by atoms with Gasteiger partial charge in [-0.25, -0.2) is 0 Å². The minimum atomic E-state index is 0.406. The topological polar surface area (TPSA) is 49.1 Å². The van der Waals surface area contributed by atoms with Gasteiger partial charge in [0.2, 0.25) is 0 Å². The zero-order chi connectivity index (χ0) is 10.5. The Bertz CT molecular complexity index is 414. The molecule has 0 aromatic carbocycles. The van der Waals surface area contributed by atoms with Gasteiger partial charge in [0.05, 0.1) is 5.69 Å². The first-order valence-electron chi connectivity index (χ1n) is 4.56. The molecule has 15 heavy (non-hydrogen) atoms. The van der Waals surface area contributed by atoms with Crippen LogP contribution in [0.5, 0.6) is 5.75 Å². The van der Waals surface area contributed by atoms with Gasteiger partial charge in [0.25, 0.3) is 0 Å². The minimum Gasteiger partial charge on any atom is -0.619 e. The summed E-state index contributed by atoms with van der Waals surface area (Å²) in [5, 5.41) is 10.7. The van der Waals surface area contributed by atoms with Crippen molar-refractivity contribution in [3.05, 3.63) is 59.8 Å². The van der Waals surface area contributed by atoms with Gasteiger partial charge < -0.3 is 9.94 Å². The maximum atomic E-state index is 10.7. The zero-order valence-corrected chi connectivity index (χ0v) is 8.04. The van der Waals surface area contributed by atoms with Gasteiger partial charge in [-0.2, -0.15) is 4.73 Å². The van der Waals surface area contributed by atoms with Crippen LogP contribution in [0.2, 0.25) is 0 Å². The smallest absolute Gasteiger partial charge is 0.184 e. The Morgan fingerprint density at radius 2 is 2.00 bits per heavy atom. The molecule has 2 aromatic rings. The van der Waals surface area contributed by atoms with Crippen molar-refractivity contribution in [3.8, 4) is 5.75 Å². The Balaban J connectivity index is 1.96. The van der Waals surface area contributed by atoms with Crippen LogP contribution >= 0.6 is 0 Å². The Hall–Kier alpha value is -2.10. The monoisotopic (exact) mass is 202 g/mol. The van der Waals surface area contributed by atoms with E-state index in [9.17, 15) is 5.21 Å². The van der Waals surface area contributed by atoms with E-state index in [-0.39, 0.29) is 0 Å². The molecule has 4 nitrogen and oxygen atoms in total. The maximum absolute atomic E-state index is 10.7. The lowest BCUT2D eigenvalue weighted by Gasteiger charge is -2.04. The van der Waals surface area contributed by atoms with Crippen molar-refractivity contribution in [1.29, 1.82) is 0 Å². The van der Waals surface area contributed by atoms with Crippen LogP contribution in [0.15, 0.2) is 48.9 Å². The molecule has 0 spiro atoms. The Morgan fingerprint density at radius 1 is 1.20 bits per heavy atom. The van der Waals surface area contributed by atoms with Crippen LogP contribution in [0.1, 0.15) is 5.69 Å². The van der Waals surface area contributed by atoms with E-state index in [2.05, 4.69) is 4.98 Å². The van der Waals surface area contributed by atoms with E-state index in [0.717, 1.165) is 5.69 Å². The van der Waals surface area contributed by atoms with Crippen LogP contribution in [0.4, 0.5) is 0 Å². The Kier molecular flexibility index (Phi) is 2.78. The van der Waals surface area contributed by atoms with Gasteiger partial charge in [-0.3, -0.25) is 4.98 Å². The third kappa shape index (κ3) is 2.67. The van der Waals surface area contributed by atoms with Gasteiger partial charge in [-0.05, 0) is 12.1 Å². The van der Waals surface area contributed by atoms with Crippen molar-refractivity contribution >= 4 is 0 Å². The molecule has 0 aliphatic carbocycles. The molecule has 0 atom stereocenters. The third-order valence-electron chi connectivity index (χ3n) is 1.88. The molecular formula is C11H10N2O2. The van der Waals surface area contributed by atoms with E-state index in [1.165, 1.54) is 12.4 Å². The minimum absolute atomic E-state index is 0.406. The summed E-state index contributed by atoms with van der Waals surface area (Å²) in [5.41, 5.74) is 0.858. The summed E-state index contributed by atoms with van der Waals surface area (Å²) in [6.45, 7) is 0.406. The quantitative estimate of drug-likeness (QED) is 0.556. The number of hydrogen-bond donors (Lipinski definition) is 0. The summed E-state index contributed by atoms with van der Waals surface area (Å²) < 4.78 is 6.15. The summed E-state index contributed by atoms with van der Waals surface area (Å²) in [4.78, 5) is 4.12. The highest BCUT2D eigenvalue weighted by atomic mass is 16.5. The fourth-order valence-electron chi connectivity index (χ4n) is 1.14. The van der Waals surface area contributed by atoms with Crippen molar-refractivity contribution in [1.82, 2.24) is 4.98 Å². The van der Waals surface area contributed by atoms with Crippen LogP contribution in [0, 0.1) is 5.21 Å². The molecule has 0 radical (unpaired) electrons. The van der Waals surface area contributed by atoms with Crippen LogP contribution in [-0.2, 0) is 6.61 Å². The highest BCUT2D eigenvalue weighted by molar-refractivity contribution is 5.15. The lowest BCUT2D eigenvalue weighted by atomic mass is 10.4. The number of pyridine rings is 2. The molecule has 0 unspecified atom stereocenters. The molecule has 0 bridgehead atoms. The first kappa shape index (κ1) is 9.45. The van der Waals surface area contributed by atoms with Gasteiger partial charge >= 0.3 is 0 Å². The predicted molar refractivity (Wildman–Crippen MR) is 54.0 cm³/mol. The van der Waals surface area contributed by atoms with E-state index in [0.29, 0.717) is 17.1 Å². The van der Waals surface area contributed by atoms with Crippen LogP contribution in [0.3, 0.4) is 0 Å². The Morgan fingerprint density at radius 3 is 2.67 bits per heavy atom. The average molecular weight is 202 g/mol. The summed E-state index contributed by atoms with van der Waals surface area (Å²) in [7, 11) is 0. The second-order valence-electron chi connectivity index (χ2n) is 3.00. The molecule has 0 fully saturated rings. The second-order valence-corrected chi connectivity index (χ2v) is 3.00. The van der Waals surface area contributed by atoms with E-state index in [4.69, 9.17) is 4.74 Å². The molecule has 0 amide bonds. The number of nitrogens with zero attached hydrogens (tertiary/aromatic N) is 2. The lowest BCUT2D eigenvalue weighted by molar-refractivity contribution is -0.605.